The topological polar surface area (TPSA) is 91.5 Å². The fraction of sp³-hybridized carbons (Fsp3) is 1.00. The van der Waals surface area contributed by atoms with Crippen molar-refractivity contribution in [2.24, 2.45) is 16.7 Å². The van der Waals surface area contributed by atoms with Crippen molar-refractivity contribution in [2.45, 2.75) is 25.9 Å². The van der Waals surface area contributed by atoms with Gasteiger partial charge in [0.05, 0.1) is 13.1 Å². The van der Waals surface area contributed by atoms with Gasteiger partial charge in [0.15, 0.2) is 0 Å². The molecule has 0 bridgehead atoms. The van der Waals surface area contributed by atoms with Crippen LogP contribution in [0.2, 0.25) is 0 Å². The Morgan fingerprint density at radius 2 is 1.64 bits per heavy atom. The highest BCUT2D eigenvalue weighted by Gasteiger charge is 2.05. The Morgan fingerprint density at radius 1 is 1.27 bits per heavy atom. The standard InChI is InChI=1S/C6H17N5/c1-5(7)3-11(10-9)4-6(2)8/h5-6,9H,3-4,7-8H2,1-2H3. The van der Waals surface area contributed by atoms with E-state index in [1.165, 1.54) is 0 Å². The molecule has 66 valence electrons. The van der Waals surface area contributed by atoms with Crippen molar-refractivity contribution in [3.63, 3.8) is 0 Å². The maximum atomic E-state index is 6.79. The molecule has 2 atom stereocenters. The van der Waals surface area contributed by atoms with Gasteiger partial charge < -0.3 is 11.5 Å². The minimum atomic E-state index is 0.0304. The van der Waals surface area contributed by atoms with Crippen molar-refractivity contribution in [3.8, 4) is 0 Å². The van der Waals surface area contributed by atoms with Gasteiger partial charge in [-0.15, -0.1) is 0 Å². The maximum Gasteiger partial charge on any atom is 0.0526 e. The maximum absolute atomic E-state index is 6.79. The summed E-state index contributed by atoms with van der Waals surface area (Å²) in [5.41, 5.74) is 17.8. The van der Waals surface area contributed by atoms with E-state index in [1.54, 1.807) is 5.01 Å². The zero-order chi connectivity index (χ0) is 8.85. The van der Waals surface area contributed by atoms with Crippen LogP contribution in [0.25, 0.3) is 0 Å². The summed E-state index contributed by atoms with van der Waals surface area (Å²) >= 11 is 0. The van der Waals surface area contributed by atoms with E-state index in [-0.39, 0.29) is 12.1 Å². The van der Waals surface area contributed by atoms with Crippen molar-refractivity contribution in [1.29, 1.82) is 5.53 Å². The normalized spacial score (nSPS) is 15.6. The second-order valence-electron chi connectivity index (χ2n) is 2.93. The van der Waals surface area contributed by atoms with Crippen LogP contribution in [0, 0.1) is 5.53 Å². The minimum Gasteiger partial charge on any atom is -0.326 e. The van der Waals surface area contributed by atoms with Crippen molar-refractivity contribution >= 4 is 0 Å². The molecule has 0 saturated carbocycles. The molecule has 0 saturated heterocycles. The Balaban J connectivity index is 3.67. The molecule has 2 unspecified atom stereocenters. The number of nitrogens with zero attached hydrogens (tertiary/aromatic N) is 2. The van der Waals surface area contributed by atoms with Gasteiger partial charge in [-0.25, -0.2) is 0 Å². The first-order chi connectivity index (χ1) is 5.06. The van der Waals surface area contributed by atoms with Gasteiger partial charge in [0.2, 0.25) is 0 Å². The largest absolute Gasteiger partial charge is 0.326 e. The monoisotopic (exact) mass is 159 g/mol. The van der Waals surface area contributed by atoms with Gasteiger partial charge in [0.25, 0.3) is 0 Å². The highest BCUT2D eigenvalue weighted by molar-refractivity contribution is 4.63. The third-order valence-corrected chi connectivity index (χ3v) is 1.14. The molecule has 5 N–H and O–H groups in total. The fourth-order valence-electron chi connectivity index (χ4n) is 0.821. The lowest BCUT2D eigenvalue weighted by Crippen LogP contribution is -2.38. The Kier molecular flexibility index (Phi) is 4.72. The predicted octanol–water partition coefficient (Wildman–Crippen LogP) is -0.0712. The van der Waals surface area contributed by atoms with Gasteiger partial charge in [-0.1, -0.05) is 5.22 Å². The molecule has 0 aliphatic carbocycles. The Bertz CT molecular complexity index is 102. The van der Waals surface area contributed by atoms with E-state index in [9.17, 15) is 0 Å². The number of hydrogen-bond acceptors (Lipinski definition) is 4. The van der Waals surface area contributed by atoms with E-state index in [0.29, 0.717) is 13.1 Å². The molecule has 0 aromatic rings. The van der Waals surface area contributed by atoms with Crippen LogP contribution in [0.1, 0.15) is 13.8 Å². The molecular formula is C6H17N5. The minimum absolute atomic E-state index is 0.0304. The average Bonchev–Trinajstić information content (AvgIpc) is 1.84. The summed E-state index contributed by atoms with van der Waals surface area (Å²) in [5, 5.41) is 4.86. The second-order valence-corrected chi connectivity index (χ2v) is 2.93. The summed E-state index contributed by atoms with van der Waals surface area (Å²) in [6.07, 6.45) is 0. The number of nitrogens with one attached hydrogen (secondary N) is 1. The van der Waals surface area contributed by atoms with Crippen molar-refractivity contribution in [2.75, 3.05) is 13.1 Å². The van der Waals surface area contributed by atoms with Gasteiger partial charge >= 0.3 is 0 Å². The first-order valence-electron chi connectivity index (χ1n) is 3.69. The van der Waals surface area contributed by atoms with Crippen LogP contribution in [-0.2, 0) is 0 Å². The van der Waals surface area contributed by atoms with Crippen LogP contribution >= 0.6 is 0 Å². The molecule has 5 heteroatoms. The third-order valence-electron chi connectivity index (χ3n) is 1.14. The van der Waals surface area contributed by atoms with Crippen molar-refractivity contribution < 1.29 is 0 Å². The summed E-state index contributed by atoms with van der Waals surface area (Å²) in [7, 11) is 0. The molecule has 0 amide bonds. The third kappa shape index (κ3) is 5.75. The second kappa shape index (κ2) is 5.03. The lowest BCUT2D eigenvalue weighted by Gasteiger charge is -2.20. The summed E-state index contributed by atoms with van der Waals surface area (Å²) in [5.74, 6) is 0. The highest BCUT2D eigenvalue weighted by Crippen LogP contribution is 1.92. The molecule has 0 spiro atoms. The Morgan fingerprint density at radius 3 is 1.82 bits per heavy atom. The quantitative estimate of drug-likeness (QED) is 0.387. The van der Waals surface area contributed by atoms with Crippen molar-refractivity contribution in [1.82, 2.24) is 5.01 Å². The first-order valence-corrected chi connectivity index (χ1v) is 3.69. The molecule has 0 aromatic carbocycles. The van der Waals surface area contributed by atoms with Gasteiger partial charge in [-0.3, -0.25) is 5.01 Å². The molecule has 0 rings (SSSR count). The number of rotatable bonds is 5. The molecule has 0 aliphatic rings. The molecule has 0 heterocycles. The summed E-state index contributed by atoms with van der Waals surface area (Å²) in [6.45, 7) is 4.93. The molecule has 5 nitrogen and oxygen atoms in total. The van der Waals surface area contributed by atoms with Crippen LogP contribution in [0.15, 0.2) is 5.22 Å². The molecular weight excluding hydrogens is 142 g/mol. The lowest BCUT2D eigenvalue weighted by atomic mass is 10.3. The average molecular weight is 159 g/mol. The summed E-state index contributed by atoms with van der Waals surface area (Å²) in [6, 6.07) is 0.0608. The van der Waals surface area contributed by atoms with Gasteiger partial charge in [-0.05, 0) is 13.8 Å². The summed E-state index contributed by atoms with van der Waals surface area (Å²) < 4.78 is 0. The highest BCUT2D eigenvalue weighted by atomic mass is 15.5. The zero-order valence-electron chi connectivity index (χ0n) is 7.12. The summed E-state index contributed by atoms with van der Waals surface area (Å²) in [4.78, 5) is 0. The van der Waals surface area contributed by atoms with Crippen LogP contribution < -0.4 is 11.5 Å². The molecule has 0 radical (unpaired) electrons. The number of nitrogens with two attached hydrogens (primary N) is 2. The van der Waals surface area contributed by atoms with E-state index in [0.717, 1.165) is 0 Å². The predicted molar refractivity (Wildman–Crippen MR) is 44.0 cm³/mol. The van der Waals surface area contributed by atoms with E-state index in [2.05, 4.69) is 5.22 Å². The molecule has 0 fully saturated rings. The van der Waals surface area contributed by atoms with Crippen LogP contribution in [0.4, 0.5) is 0 Å². The van der Waals surface area contributed by atoms with Crippen LogP contribution in [0.5, 0.6) is 0 Å². The van der Waals surface area contributed by atoms with E-state index in [4.69, 9.17) is 17.0 Å². The fourth-order valence-corrected chi connectivity index (χ4v) is 0.821. The van der Waals surface area contributed by atoms with Crippen molar-refractivity contribution in [3.05, 3.63) is 0 Å². The molecule has 11 heavy (non-hydrogen) atoms. The van der Waals surface area contributed by atoms with Gasteiger partial charge in [0, 0.05) is 12.1 Å². The lowest BCUT2D eigenvalue weighted by molar-refractivity contribution is 0.237. The van der Waals surface area contributed by atoms with Gasteiger partial charge in [0.1, 0.15) is 0 Å². The first kappa shape index (κ1) is 10.3. The Hall–Kier alpha value is -0.680. The van der Waals surface area contributed by atoms with E-state index in [1.807, 2.05) is 13.8 Å². The zero-order valence-corrected chi connectivity index (χ0v) is 7.12. The smallest absolute Gasteiger partial charge is 0.0526 e. The Labute approximate surface area is 67.2 Å². The van der Waals surface area contributed by atoms with Crippen LogP contribution in [-0.4, -0.2) is 30.2 Å². The van der Waals surface area contributed by atoms with E-state index >= 15 is 0 Å². The van der Waals surface area contributed by atoms with Gasteiger partial charge in [-0.2, -0.15) is 5.53 Å². The SMILES string of the molecule is CC(N)CN(CC(C)N)N=N. The molecule has 0 aliphatic heterocycles. The van der Waals surface area contributed by atoms with E-state index < -0.39 is 0 Å². The molecule has 0 aromatic heterocycles. The van der Waals surface area contributed by atoms with Crippen LogP contribution in [0.3, 0.4) is 0 Å². The number of hydrogen-bond donors (Lipinski definition) is 3.